The maximum atomic E-state index is 11.9. The third-order valence-corrected chi connectivity index (χ3v) is 4.29. The first-order valence-electron chi connectivity index (χ1n) is 5.43. The number of hydrogen-bond donors (Lipinski definition) is 2. The molecule has 0 aliphatic carbocycles. The molecule has 19 heavy (non-hydrogen) atoms. The predicted octanol–water partition coefficient (Wildman–Crippen LogP) is 1.41. The first-order chi connectivity index (χ1) is 8.88. The van der Waals surface area contributed by atoms with Crippen LogP contribution in [-0.2, 0) is 10.0 Å². The summed E-state index contributed by atoms with van der Waals surface area (Å²) in [5, 5.41) is 19.4. The molecule has 0 heterocycles. The summed E-state index contributed by atoms with van der Waals surface area (Å²) in [6.07, 6.45) is 0.922. The first-order valence-corrected chi connectivity index (χ1v) is 7.70. The number of nitro groups is 1. The molecule has 1 aromatic carbocycles. The van der Waals surface area contributed by atoms with E-state index in [1.165, 1.54) is 12.1 Å². The molecule has 0 aliphatic rings. The molecule has 0 saturated carbocycles. The molecule has 1 aromatic rings. The van der Waals surface area contributed by atoms with Gasteiger partial charge in [0.1, 0.15) is 0 Å². The van der Waals surface area contributed by atoms with Crippen LogP contribution in [0.5, 0.6) is 0 Å². The molecule has 0 radical (unpaired) electrons. The second-order valence-electron chi connectivity index (χ2n) is 3.70. The molecular formula is C10H13BrN2O5S. The summed E-state index contributed by atoms with van der Waals surface area (Å²) in [7, 11) is -3.93. The molecular weight excluding hydrogens is 340 g/mol. The number of benzene rings is 1. The highest BCUT2D eigenvalue weighted by Crippen LogP contribution is 2.27. The Kier molecular flexibility index (Phi) is 5.85. The van der Waals surface area contributed by atoms with Crippen molar-refractivity contribution in [3.8, 4) is 0 Å². The topological polar surface area (TPSA) is 110 Å². The number of unbranched alkanes of at least 4 members (excludes halogenated alkanes) is 1. The monoisotopic (exact) mass is 352 g/mol. The fourth-order valence-electron chi connectivity index (χ4n) is 1.38. The molecule has 1 rings (SSSR count). The van der Waals surface area contributed by atoms with E-state index in [1.54, 1.807) is 0 Å². The van der Waals surface area contributed by atoms with Gasteiger partial charge in [-0.1, -0.05) is 15.9 Å². The van der Waals surface area contributed by atoms with Crippen molar-refractivity contribution in [2.75, 3.05) is 13.2 Å². The summed E-state index contributed by atoms with van der Waals surface area (Å²) >= 11 is 3.06. The second-order valence-corrected chi connectivity index (χ2v) is 6.35. The first kappa shape index (κ1) is 16.0. The van der Waals surface area contributed by atoms with Gasteiger partial charge in [0.25, 0.3) is 5.69 Å². The normalized spacial score (nSPS) is 11.5. The van der Waals surface area contributed by atoms with Gasteiger partial charge in [0.15, 0.2) is 4.90 Å². The van der Waals surface area contributed by atoms with E-state index in [0.29, 0.717) is 17.3 Å². The molecule has 0 saturated heterocycles. The van der Waals surface area contributed by atoms with Gasteiger partial charge in [-0.3, -0.25) is 10.1 Å². The SMILES string of the molecule is O=[N+]([O-])c1cc(Br)ccc1S(=O)(=O)NCCCCO. The highest BCUT2D eigenvalue weighted by Gasteiger charge is 2.25. The zero-order valence-corrected chi connectivity index (χ0v) is 12.3. The molecule has 2 N–H and O–H groups in total. The fourth-order valence-corrected chi connectivity index (χ4v) is 2.96. The Bertz CT molecular complexity index is 561. The minimum Gasteiger partial charge on any atom is -0.396 e. The van der Waals surface area contributed by atoms with Crippen molar-refractivity contribution in [1.29, 1.82) is 0 Å². The van der Waals surface area contributed by atoms with Gasteiger partial charge in [0.2, 0.25) is 10.0 Å². The number of aliphatic hydroxyl groups excluding tert-OH is 1. The Hall–Kier alpha value is -1.03. The van der Waals surface area contributed by atoms with Gasteiger partial charge in [-0.15, -0.1) is 0 Å². The van der Waals surface area contributed by atoms with Crippen LogP contribution in [0.2, 0.25) is 0 Å². The molecule has 0 amide bonds. The Labute approximate surface area is 119 Å². The van der Waals surface area contributed by atoms with Gasteiger partial charge < -0.3 is 5.11 Å². The van der Waals surface area contributed by atoms with E-state index in [4.69, 9.17) is 5.11 Å². The highest BCUT2D eigenvalue weighted by atomic mass is 79.9. The quantitative estimate of drug-likeness (QED) is 0.438. The molecule has 0 bridgehead atoms. The molecule has 0 atom stereocenters. The zero-order chi connectivity index (χ0) is 14.5. The van der Waals surface area contributed by atoms with Gasteiger partial charge in [0, 0.05) is 23.7 Å². The molecule has 0 aromatic heterocycles. The molecule has 0 fully saturated rings. The van der Waals surface area contributed by atoms with Crippen molar-refractivity contribution in [3.63, 3.8) is 0 Å². The predicted molar refractivity (Wildman–Crippen MR) is 72.3 cm³/mol. The lowest BCUT2D eigenvalue weighted by Crippen LogP contribution is -2.25. The van der Waals surface area contributed by atoms with Crippen molar-refractivity contribution in [1.82, 2.24) is 4.72 Å². The summed E-state index contributed by atoms with van der Waals surface area (Å²) < 4.78 is 26.6. The van der Waals surface area contributed by atoms with Crippen molar-refractivity contribution >= 4 is 31.6 Å². The average Bonchev–Trinajstić information content (AvgIpc) is 2.34. The van der Waals surface area contributed by atoms with Crippen LogP contribution < -0.4 is 4.72 Å². The summed E-state index contributed by atoms with van der Waals surface area (Å²) in [6, 6.07) is 3.74. The van der Waals surface area contributed by atoms with Crippen LogP contribution in [0.1, 0.15) is 12.8 Å². The van der Waals surface area contributed by atoms with Gasteiger partial charge in [-0.25, -0.2) is 13.1 Å². The number of rotatable bonds is 7. The van der Waals surface area contributed by atoms with E-state index in [0.717, 1.165) is 6.07 Å². The fraction of sp³-hybridized carbons (Fsp3) is 0.400. The molecule has 7 nitrogen and oxygen atoms in total. The van der Waals surface area contributed by atoms with Crippen LogP contribution >= 0.6 is 15.9 Å². The van der Waals surface area contributed by atoms with Crippen LogP contribution in [0.4, 0.5) is 5.69 Å². The maximum Gasteiger partial charge on any atom is 0.290 e. The minimum atomic E-state index is -3.93. The lowest BCUT2D eigenvalue weighted by molar-refractivity contribution is -0.387. The molecule has 0 unspecified atom stereocenters. The lowest BCUT2D eigenvalue weighted by Gasteiger charge is -2.07. The Morgan fingerprint density at radius 1 is 1.37 bits per heavy atom. The second kappa shape index (κ2) is 6.94. The van der Waals surface area contributed by atoms with Crippen molar-refractivity contribution < 1.29 is 18.4 Å². The number of nitrogens with zero attached hydrogens (tertiary/aromatic N) is 1. The third-order valence-electron chi connectivity index (χ3n) is 2.28. The van der Waals surface area contributed by atoms with Crippen molar-refractivity contribution in [3.05, 3.63) is 32.8 Å². The largest absolute Gasteiger partial charge is 0.396 e. The standard InChI is InChI=1S/C10H13BrN2O5S/c11-8-3-4-10(9(7-8)13(15)16)19(17,18)12-5-1-2-6-14/h3-4,7,12,14H,1-2,5-6H2. The third kappa shape index (κ3) is 4.53. The van der Waals surface area contributed by atoms with Crippen molar-refractivity contribution in [2.45, 2.75) is 17.7 Å². The van der Waals surface area contributed by atoms with E-state index < -0.39 is 20.6 Å². The molecule has 106 valence electrons. The van der Waals surface area contributed by atoms with E-state index in [1.807, 2.05) is 0 Å². The van der Waals surface area contributed by atoms with Crippen LogP contribution in [-0.4, -0.2) is 31.6 Å². The van der Waals surface area contributed by atoms with Gasteiger partial charge >= 0.3 is 0 Å². The Morgan fingerprint density at radius 3 is 2.63 bits per heavy atom. The highest BCUT2D eigenvalue weighted by molar-refractivity contribution is 9.10. The van der Waals surface area contributed by atoms with E-state index in [9.17, 15) is 18.5 Å². The summed E-state index contributed by atoms with van der Waals surface area (Å²) in [5.41, 5.74) is -0.482. The van der Waals surface area contributed by atoms with E-state index in [-0.39, 0.29) is 18.0 Å². The number of nitro benzene ring substituents is 1. The van der Waals surface area contributed by atoms with Crippen molar-refractivity contribution in [2.24, 2.45) is 0 Å². The van der Waals surface area contributed by atoms with Crippen LogP contribution in [0.15, 0.2) is 27.6 Å². The Balaban J connectivity index is 2.98. The number of halogens is 1. The number of sulfonamides is 1. The average molecular weight is 353 g/mol. The zero-order valence-electron chi connectivity index (χ0n) is 9.87. The van der Waals surface area contributed by atoms with Gasteiger partial charge in [-0.05, 0) is 25.0 Å². The van der Waals surface area contributed by atoms with Gasteiger partial charge in [0.05, 0.1) is 4.92 Å². The van der Waals surface area contributed by atoms with Crippen LogP contribution in [0, 0.1) is 10.1 Å². The minimum absolute atomic E-state index is 0.0276. The summed E-state index contributed by atoms with van der Waals surface area (Å²) in [5.74, 6) is 0. The van der Waals surface area contributed by atoms with Gasteiger partial charge in [-0.2, -0.15) is 0 Å². The van der Waals surface area contributed by atoms with Crippen LogP contribution in [0.3, 0.4) is 0 Å². The number of aliphatic hydroxyl groups is 1. The van der Waals surface area contributed by atoms with E-state index >= 15 is 0 Å². The lowest BCUT2D eigenvalue weighted by atomic mass is 10.3. The molecule has 9 heteroatoms. The summed E-state index contributed by atoms with van der Waals surface area (Å²) in [6.45, 7) is 0.0935. The van der Waals surface area contributed by atoms with Crippen LogP contribution in [0.25, 0.3) is 0 Å². The molecule has 0 spiro atoms. The molecule has 0 aliphatic heterocycles. The number of nitrogens with one attached hydrogen (secondary N) is 1. The smallest absolute Gasteiger partial charge is 0.290 e. The van der Waals surface area contributed by atoms with E-state index in [2.05, 4.69) is 20.7 Å². The summed E-state index contributed by atoms with van der Waals surface area (Å²) in [4.78, 5) is 9.74. The number of hydrogen-bond acceptors (Lipinski definition) is 5. The Morgan fingerprint density at radius 2 is 2.05 bits per heavy atom. The maximum absolute atomic E-state index is 11.9.